The van der Waals surface area contributed by atoms with Crippen molar-refractivity contribution in [2.24, 2.45) is 0 Å². The first-order valence-corrected chi connectivity index (χ1v) is 12.9. The number of aromatic nitrogens is 3. The second-order valence-corrected chi connectivity index (χ2v) is 9.69. The third-order valence-electron chi connectivity index (χ3n) is 5.40. The lowest BCUT2D eigenvalue weighted by molar-refractivity contribution is -0.118. The van der Waals surface area contributed by atoms with Gasteiger partial charge in [0, 0.05) is 18.7 Å². The molecule has 0 saturated heterocycles. The van der Waals surface area contributed by atoms with E-state index in [1.807, 2.05) is 71.5 Å². The van der Waals surface area contributed by atoms with Gasteiger partial charge < -0.3 is 14.8 Å². The average Bonchev–Trinajstić information content (AvgIpc) is 3.48. The molecule has 0 bridgehead atoms. The van der Waals surface area contributed by atoms with Gasteiger partial charge in [0.05, 0.1) is 23.8 Å². The zero-order valence-electron chi connectivity index (χ0n) is 18.7. The number of thiophene rings is 1. The molecule has 0 fully saturated rings. The maximum absolute atomic E-state index is 12.7. The lowest BCUT2D eigenvalue weighted by Crippen LogP contribution is -2.25. The van der Waals surface area contributed by atoms with E-state index in [9.17, 15) is 4.79 Å². The number of rotatable bonds is 7. The van der Waals surface area contributed by atoms with E-state index in [0.717, 1.165) is 45.4 Å². The largest absolute Gasteiger partial charge is 0.490 e. The summed E-state index contributed by atoms with van der Waals surface area (Å²) in [6.45, 7) is 3.72. The van der Waals surface area contributed by atoms with Crippen LogP contribution in [-0.2, 0) is 11.3 Å². The molecule has 1 N–H and O–H groups in total. The van der Waals surface area contributed by atoms with Crippen LogP contribution >= 0.6 is 23.1 Å². The number of amides is 1. The van der Waals surface area contributed by atoms with Crippen LogP contribution in [0.15, 0.2) is 65.1 Å². The molecule has 2 aromatic carbocycles. The van der Waals surface area contributed by atoms with Crippen molar-refractivity contribution in [3.05, 3.63) is 71.1 Å². The Morgan fingerprint density at radius 3 is 2.65 bits per heavy atom. The summed E-state index contributed by atoms with van der Waals surface area (Å²) in [5.41, 5.74) is 3.03. The number of fused-ring (bicyclic) bond motifs is 1. The average molecular weight is 493 g/mol. The molecule has 1 amide bonds. The fourth-order valence-electron chi connectivity index (χ4n) is 3.66. The number of benzene rings is 2. The lowest BCUT2D eigenvalue weighted by Gasteiger charge is -2.13. The van der Waals surface area contributed by atoms with Crippen LogP contribution in [0.25, 0.3) is 16.4 Å². The van der Waals surface area contributed by atoms with Gasteiger partial charge >= 0.3 is 0 Å². The number of carbonyl (C=O) groups is 1. The Hall–Kier alpha value is -3.30. The van der Waals surface area contributed by atoms with Crippen molar-refractivity contribution in [2.75, 3.05) is 19.0 Å². The van der Waals surface area contributed by atoms with E-state index in [4.69, 9.17) is 9.47 Å². The highest BCUT2D eigenvalue weighted by Gasteiger charge is 2.18. The third-order valence-corrected chi connectivity index (χ3v) is 7.20. The first-order valence-electron chi connectivity index (χ1n) is 11.0. The third kappa shape index (κ3) is 4.95. The summed E-state index contributed by atoms with van der Waals surface area (Å²) < 4.78 is 13.5. The van der Waals surface area contributed by atoms with E-state index in [1.165, 1.54) is 11.8 Å². The Bertz CT molecular complexity index is 1270. The summed E-state index contributed by atoms with van der Waals surface area (Å²) in [4.78, 5) is 13.7. The van der Waals surface area contributed by atoms with Crippen molar-refractivity contribution < 1.29 is 14.3 Å². The zero-order chi connectivity index (χ0) is 23.3. The molecule has 4 aromatic rings. The standard InChI is InChI=1S/C25H24N4O3S2/c1-17-13-20-21(32-11-6-10-31-20)14-18(17)15-26-23(30)16-34-25-28-27-24(22-9-5-12-33-22)29(25)19-7-3-2-4-8-19/h2-5,7-9,12-14H,6,10-11,15-16H2,1H3,(H,26,30). The summed E-state index contributed by atoms with van der Waals surface area (Å²) in [5.74, 6) is 2.43. The molecular weight excluding hydrogens is 468 g/mol. The van der Waals surface area contributed by atoms with Gasteiger partial charge in [-0.3, -0.25) is 9.36 Å². The van der Waals surface area contributed by atoms with E-state index in [1.54, 1.807) is 11.3 Å². The predicted molar refractivity (Wildman–Crippen MR) is 134 cm³/mol. The summed E-state index contributed by atoms with van der Waals surface area (Å²) in [7, 11) is 0. The van der Waals surface area contributed by atoms with Gasteiger partial charge in [0.15, 0.2) is 22.5 Å². The van der Waals surface area contributed by atoms with Crippen molar-refractivity contribution in [3.63, 3.8) is 0 Å². The van der Waals surface area contributed by atoms with Crippen molar-refractivity contribution in [1.29, 1.82) is 0 Å². The summed E-state index contributed by atoms with van der Waals surface area (Å²) in [5, 5.41) is 14.5. The number of thioether (sulfide) groups is 1. The molecule has 7 nitrogen and oxygen atoms in total. The normalized spacial score (nSPS) is 12.9. The van der Waals surface area contributed by atoms with E-state index < -0.39 is 0 Å². The number of hydrogen-bond donors (Lipinski definition) is 1. The molecule has 3 heterocycles. The Morgan fingerprint density at radius 2 is 1.88 bits per heavy atom. The molecule has 0 radical (unpaired) electrons. The lowest BCUT2D eigenvalue weighted by atomic mass is 10.1. The van der Waals surface area contributed by atoms with Crippen LogP contribution in [0.5, 0.6) is 11.5 Å². The number of para-hydroxylation sites is 1. The van der Waals surface area contributed by atoms with Gasteiger partial charge in [-0.1, -0.05) is 36.0 Å². The van der Waals surface area contributed by atoms with E-state index in [0.29, 0.717) is 24.9 Å². The first-order chi connectivity index (χ1) is 16.7. The molecule has 0 spiro atoms. The monoisotopic (exact) mass is 492 g/mol. The minimum Gasteiger partial charge on any atom is -0.490 e. The van der Waals surface area contributed by atoms with Crippen LogP contribution in [-0.4, -0.2) is 39.6 Å². The van der Waals surface area contributed by atoms with Gasteiger partial charge in [0.25, 0.3) is 0 Å². The van der Waals surface area contributed by atoms with Crippen LogP contribution in [0.4, 0.5) is 0 Å². The van der Waals surface area contributed by atoms with Gasteiger partial charge in [-0.25, -0.2) is 0 Å². The molecule has 174 valence electrons. The van der Waals surface area contributed by atoms with Gasteiger partial charge in [0.2, 0.25) is 5.91 Å². The van der Waals surface area contributed by atoms with Crippen molar-refractivity contribution in [2.45, 2.75) is 25.0 Å². The number of ether oxygens (including phenoxy) is 2. The first kappa shape index (κ1) is 22.5. The Labute approximate surface area is 206 Å². The molecule has 1 aliphatic rings. The highest BCUT2D eigenvalue weighted by Crippen LogP contribution is 2.33. The Kier molecular flexibility index (Phi) is 6.82. The van der Waals surface area contributed by atoms with Crippen LogP contribution in [0.1, 0.15) is 17.5 Å². The zero-order valence-corrected chi connectivity index (χ0v) is 20.3. The topological polar surface area (TPSA) is 78.3 Å². The SMILES string of the molecule is Cc1cc2c(cc1CNC(=O)CSc1nnc(-c3cccs3)n1-c1ccccc1)OCCCO2. The molecule has 5 rings (SSSR count). The summed E-state index contributed by atoms with van der Waals surface area (Å²) in [6, 6.07) is 17.9. The fraction of sp³-hybridized carbons (Fsp3) is 0.240. The van der Waals surface area contributed by atoms with Crippen LogP contribution in [0, 0.1) is 6.92 Å². The molecule has 2 aromatic heterocycles. The maximum Gasteiger partial charge on any atom is 0.230 e. The molecule has 9 heteroatoms. The van der Waals surface area contributed by atoms with Crippen molar-refractivity contribution in [1.82, 2.24) is 20.1 Å². The second kappa shape index (κ2) is 10.3. The van der Waals surface area contributed by atoms with Crippen molar-refractivity contribution >= 4 is 29.0 Å². The number of nitrogens with zero attached hydrogens (tertiary/aromatic N) is 3. The van der Waals surface area contributed by atoms with Crippen LogP contribution in [0.3, 0.4) is 0 Å². The minimum absolute atomic E-state index is 0.0724. The summed E-state index contributed by atoms with van der Waals surface area (Å²) in [6.07, 6.45) is 0.860. The highest BCUT2D eigenvalue weighted by molar-refractivity contribution is 7.99. The Balaban J connectivity index is 1.27. The Morgan fingerprint density at radius 1 is 1.09 bits per heavy atom. The molecule has 1 aliphatic heterocycles. The number of nitrogens with one attached hydrogen (secondary N) is 1. The summed E-state index contributed by atoms with van der Waals surface area (Å²) >= 11 is 2.98. The molecule has 34 heavy (non-hydrogen) atoms. The molecule has 0 aliphatic carbocycles. The smallest absolute Gasteiger partial charge is 0.230 e. The van der Waals surface area contributed by atoms with Gasteiger partial charge in [-0.2, -0.15) is 0 Å². The van der Waals surface area contributed by atoms with Crippen molar-refractivity contribution in [3.8, 4) is 27.9 Å². The molecule has 0 atom stereocenters. The molecule has 0 unspecified atom stereocenters. The van der Waals surface area contributed by atoms with E-state index in [2.05, 4.69) is 15.5 Å². The van der Waals surface area contributed by atoms with E-state index >= 15 is 0 Å². The number of hydrogen-bond acceptors (Lipinski definition) is 7. The second-order valence-electron chi connectivity index (χ2n) is 7.80. The fourth-order valence-corrected chi connectivity index (χ4v) is 5.14. The van der Waals surface area contributed by atoms with Gasteiger partial charge in [-0.15, -0.1) is 21.5 Å². The van der Waals surface area contributed by atoms with Gasteiger partial charge in [0.1, 0.15) is 0 Å². The van der Waals surface area contributed by atoms with Gasteiger partial charge in [-0.05, 0) is 53.8 Å². The number of aryl methyl sites for hydroxylation is 1. The van der Waals surface area contributed by atoms with Crippen LogP contribution < -0.4 is 14.8 Å². The highest BCUT2D eigenvalue weighted by atomic mass is 32.2. The maximum atomic E-state index is 12.7. The molecule has 0 saturated carbocycles. The minimum atomic E-state index is -0.0724. The molecular formula is C25H24N4O3S2. The number of carbonyl (C=O) groups excluding carboxylic acids is 1. The quantitative estimate of drug-likeness (QED) is 0.371. The van der Waals surface area contributed by atoms with E-state index in [-0.39, 0.29) is 11.7 Å². The predicted octanol–water partition coefficient (Wildman–Crippen LogP) is 4.87. The van der Waals surface area contributed by atoms with Crippen LogP contribution in [0.2, 0.25) is 0 Å².